The Kier molecular flexibility index (Phi) is 3.79. The van der Waals surface area contributed by atoms with Crippen molar-refractivity contribution in [3.63, 3.8) is 0 Å². The van der Waals surface area contributed by atoms with Crippen LogP contribution in [-0.2, 0) is 19.1 Å². The summed E-state index contributed by atoms with van der Waals surface area (Å²) in [7, 11) is 1.31. The molecule has 1 rings (SSSR count). The van der Waals surface area contributed by atoms with Crippen LogP contribution in [0.4, 0.5) is 0 Å². The molecule has 0 saturated carbocycles. The van der Waals surface area contributed by atoms with E-state index in [2.05, 4.69) is 10.1 Å². The number of hydrogen-bond acceptors (Lipinski definition) is 5. The molecule has 6 heteroatoms. The molecule has 1 aliphatic rings. The fourth-order valence-corrected chi connectivity index (χ4v) is 1.49. The number of methoxy groups -OCH3 is 1. The van der Waals surface area contributed by atoms with E-state index in [1.807, 2.05) is 0 Å². The molecule has 2 amide bonds. The summed E-state index contributed by atoms with van der Waals surface area (Å²) >= 11 is 0. The van der Waals surface area contributed by atoms with E-state index < -0.39 is 0 Å². The highest BCUT2D eigenvalue weighted by Gasteiger charge is 2.25. The maximum atomic E-state index is 11.1. The van der Waals surface area contributed by atoms with E-state index in [-0.39, 0.29) is 36.8 Å². The summed E-state index contributed by atoms with van der Waals surface area (Å²) in [6.07, 6.45) is 0. The topological polar surface area (TPSA) is 75.7 Å². The summed E-state index contributed by atoms with van der Waals surface area (Å²) in [6.45, 7) is 2.34. The molecular formula is C9H14N2O4. The Labute approximate surface area is 87.6 Å². The maximum Gasteiger partial charge on any atom is 0.309 e. The Morgan fingerprint density at radius 2 is 2.00 bits per heavy atom. The van der Waals surface area contributed by atoms with Gasteiger partial charge in [0, 0.05) is 6.54 Å². The fraction of sp³-hybridized carbons (Fsp3) is 0.667. The molecule has 0 aromatic carbocycles. The smallest absolute Gasteiger partial charge is 0.309 e. The standard InChI is InChI=1S/C9H14N2O4/c1-6(9(14)15-2)3-11-4-7(12)10-8(13)5-11/h6H,3-5H2,1-2H3,(H,10,12,13). The van der Waals surface area contributed by atoms with Gasteiger partial charge in [0.25, 0.3) is 0 Å². The molecule has 0 bridgehead atoms. The second kappa shape index (κ2) is 4.88. The van der Waals surface area contributed by atoms with Crippen molar-refractivity contribution in [1.29, 1.82) is 0 Å². The van der Waals surface area contributed by atoms with Crippen molar-refractivity contribution < 1.29 is 19.1 Å². The third-order valence-electron chi connectivity index (χ3n) is 2.15. The molecule has 0 aliphatic carbocycles. The number of nitrogens with one attached hydrogen (secondary N) is 1. The van der Waals surface area contributed by atoms with Gasteiger partial charge in [0.2, 0.25) is 11.8 Å². The summed E-state index contributed by atoms with van der Waals surface area (Å²) < 4.78 is 4.56. The lowest BCUT2D eigenvalue weighted by atomic mass is 10.1. The summed E-state index contributed by atoms with van der Waals surface area (Å²) in [5.74, 6) is -1.34. The lowest BCUT2D eigenvalue weighted by Crippen LogP contribution is -2.52. The third-order valence-corrected chi connectivity index (χ3v) is 2.15. The van der Waals surface area contributed by atoms with Gasteiger partial charge in [-0.2, -0.15) is 0 Å². The molecule has 1 unspecified atom stereocenters. The van der Waals surface area contributed by atoms with Gasteiger partial charge in [-0.1, -0.05) is 6.92 Å². The molecule has 0 spiro atoms. The maximum absolute atomic E-state index is 11.1. The van der Waals surface area contributed by atoms with E-state index >= 15 is 0 Å². The molecule has 1 fully saturated rings. The van der Waals surface area contributed by atoms with Crippen LogP contribution >= 0.6 is 0 Å². The largest absolute Gasteiger partial charge is 0.469 e. The van der Waals surface area contributed by atoms with Gasteiger partial charge in [-0.3, -0.25) is 24.6 Å². The number of piperazine rings is 1. The molecule has 0 aromatic heterocycles. The SMILES string of the molecule is COC(=O)C(C)CN1CC(=O)NC(=O)C1. The van der Waals surface area contributed by atoms with E-state index in [4.69, 9.17) is 0 Å². The Balaban J connectivity index is 2.47. The molecule has 0 radical (unpaired) electrons. The quantitative estimate of drug-likeness (QED) is 0.469. The summed E-state index contributed by atoms with van der Waals surface area (Å²) in [6, 6.07) is 0. The van der Waals surface area contributed by atoms with Crippen LogP contribution in [0.15, 0.2) is 0 Å². The fourth-order valence-electron chi connectivity index (χ4n) is 1.49. The van der Waals surface area contributed by atoms with Gasteiger partial charge in [0.15, 0.2) is 0 Å². The number of imide groups is 1. The Morgan fingerprint density at radius 3 is 2.47 bits per heavy atom. The number of carbonyl (C=O) groups excluding carboxylic acids is 3. The molecule has 6 nitrogen and oxygen atoms in total. The number of nitrogens with zero attached hydrogens (tertiary/aromatic N) is 1. The van der Waals surface area contributed by atoms with Gasteiger partial charge in [-0.05, 0) is 0 Å². The molecule has 15 heavy (non-hydrogen) atoms. The predicted molar refractivity (Wildman–Crippen MR) is 50.8 cm³/mol. The van der Waals surface area contributed by atoms with Crippen LogP contribution in [0.2, 0.25) is 0 Å². The average Bonchev–Trinajstić information content (AvgIpc) is 2.14. The van der Waals surface area contributed by atoms with Gasteiger partial charge >= 0.3 is 5.97 Å². The van der Waals surface area contributed by atoms with E-state index in [1.54, 1.807) is 11.8 Å². The van der Waals surface area contributed by atoms with Crippen LogP contribution < -0.4 is 5.32 Å². The number of hydrogen-bond donors (Lipinski definition) is 1. The van der Waals surface area contributed by atoms with E-state index in [9.17, 15) is 14.4 Å². The first-order valence-corrected chi connectivity index (χ1v) is 4.65. The Hall–Kier alpha value is -1.43. The minimum absolute atomic E-state index is 0.146. The first-order chi connectivity index (χ1) is 7.02. The van der Waals surface area contributed by atoms with Crippen molar-refractivity contribution >= 4 is 17.8 Å². The van der Waals surface area contributed by atoms with Gasteiger partial charge in [-0.25, -0.2) is 0 Å². The number of carbonyl (C=O) groups is 3. The zero-order valence-electron chi connectivity index (χ0n) is 8.78. The summed E-state index contributed by atoms with van der Waals surface area (Å²) in [5.41, 5.74) is 0. The Bertz CT molecular complexity index is 274. The number of amides is 2. The zero-order chi connectivity index (χ0) is 11.4. The molecule has 1 heterocycles. The monoisotopic (exact) mass is 214 g/mol. The van der Waals surface area contributed by atoms with E-state index in [0.29, 0.717) is 6.54 Å². The van der Waals surface area contributed by atoms with Crippen molar-refractivity contribution in [3.8, 4) is 0 Å². The average molecular weight is 214 g/mol. The summed E-state index contributed by atoms with van der Waals surface area (Å²) in [4.78, 5) is 34.8. The van der Waals surface area contributed by atoms with Crippen molar-refractivity contribution in [1.82, 2.24) is 10.2 Å². The van der Waals surface area contributed by atoms with Crippen molar-refractivity contribution in [2.75, 3.05) is 26.7 Å². The molecule has 84 valence electrons. The highest BCUT2D eigenvalue weighted by molar-refractivity contribution is 5.99. The number of ether oxygens (including phenoxy) is 1. The van der Waals surface area contributed by atoms with Crippen LogP contribution in [0.25, 0.3) is 0 Å². The van der Waals surface area contributed by atoms with Crippen LogP contribution in [0, 0.1) is 5.92 Å². The summed E-state index contributed by atoms with van der Waals surface area (Å²) in [5, 5.41) is 2.19. The number of esters is 1. The van der Waals surface area contributed by atoms with E-state index in [1.165, 1.54) is 7.11 Å². The van der Waals surface area contributed by atoms with Gasteiger partial charge < -0.3 is 4.74 Å². The minimum Gasteiger partial charge on any atom is -0.469 e. The third kappa shape index (κ3) is 3.32. The normalized spacial score (nSPS) is 19.6. The molecule has 1 saturated heterocycles. The lowest BCUT2D eigenvalue weighted by Gasteiger charge is -2.26. The highest BCUT2D eigenvalue weighted by Crippen LogP contribution is 2.03. The molecule has 1 atom stereocenters. The predicted octanol–water partition coefficient (Wildman–Crippen LogP) is -1.25. The van der Waals surface area contributed by atoms with Crippen molar-refractivity contribution in [2.45, 2.75) is 6.92 Å². The van der Waals surface area contributed by atoms with Crippen LogP contribution in [-0.4, -0.2) is 49.4 Å². The molecular weight excluding hydrogens is 200 g/mol. The van der Waals surface area contributed by atoms with Crippen molar-refractivity contribution in [3.05, 3.63) is 0 Å². The second-order valence-electron chi connectivity index (χ2n) is 3.57. The van der Waals surface area contributed by atoms with Gasteiger partial charge in [0.1, 0.15) is 0 Å². The van der Waals surface area contributed by atoms with Crippen LogP contribution in [0.1, 0.15) is 6.92 Å². The van der Waals surface area contributed by atoms with Gasteiger partial charge in [0.05, 0.1) is 26.1 Å². The lowest BCUT2D eigenvalue weighted by molar-refractivity contribution is -0.147. The minimum atomic E-state index is -0.339. The first kappa shape index (κ1) is 11.6. The second-order valence-corrected chi connectivity index (χ2v) is 3.57. The number of rotatable bonds is 3. The van der Waals surface area contributed by atoms with E-state index in [0.717, 1.165) is 0 Å². The van der Waals surface area contributed by atoms with Crippen molar-refractivity contribution in [2.24, 2.45) is 5.92 Å². The van der Waals surface area contributed by atoms with Crippen LogP contribution in [0.3, 0.4) is 0 Å². The van der Waals surface area contributed by atoms with Crippen LogP contribution in [0.5, 0.6) is 0 Å². The van der Waals surface area contributed by atoms with Gasteiger partial charge in [-0.15, -0.1) is 0 Å². The Morgan fingerprint density at radius 1 is 1.47 bits per heavy atom. The highest BCUT2D eigenvalue weighted by atomic mass is 16.5. The zero-order valence-corrected chi connectivity index (χ0v) is 8.78. The molecule has 1 aliphatic heterocycles. The molecule has 0 aromatic rings. The first-order valence-electron chi connectivity index (χ1n) is 4.65. The molecule has 1 N–H and O–H groups in total.